The van der Waals surface area contributed by atoms with Gasteiger partial charge in [0.15, 0.2) is 0 Å². The average Bonchev–Trinajstić information content (AvgIpc) is 3.43. The molecule has 4 rings (SSSR count). The minimum Gasteiger partial charge on any atom is -0.411 e. The quantitative estimate of drug-likeness (QED) is 0.465. The maximum Gasteiger partial charge on any atom is 0.277 e. The highest BCUT2D eigenvalue weighted by Crippen LogP contribution is 2.29. The van der Waals surface area contributed by atoms with Gasteiger partial charge in [-0.05, 0) is 31.0 Å². The molecule has 1 aromatic carbocycles. The van der Waals surface area contributed by atoms with E-state index < -0.39 is 10.0 Å². The van der Waals surface area contributed by atoms with Crippen LogP contribution in [-0.2, 0) is 15.8 Å². The van der Waals surface area contributed by atoms with Gasteiger partial charge in [-0.15, -0.1) is 21.5 Å². The molecular formula is C20H24N4O3S3. The molecule has 0 spiro atoms. The second-order valence-electron chi connectivity index (χ2n) is 7.49. The van der Waals surface area contributed by atoms with Crippen LogP contribution in [0.2, 0.25) is 0 Å². The van der Waals surface area contributed by atoms with Crippen LogP contribution in [0.1, 0.15) is 49.7 Å². The van der Waals surface area contributed by atoms with E-state index in [4.69, 9.17) is 4.42 Å². The van der Waals surface area contributed by atoms with Gasteiger partial charge in [-0.2, -0.15) is 4.31 Å². The lowest BCUT2D eigenvalue weighted by atomic mass is 10.2. The molecule has 0 atom stereocenters. The third-order valence-electron chi connectivity index (χ3n) is 4.85. The third-order valence-corrected chi connectivity index (χ3v) is 8.79. The molecule has 30 heavy (non-hydrogen) atoms. The number of hydrogen-bond acceptors (Lipinski definition) is 8. The highest BCUT2D eigenvalue weighted by Gasteiger charge is 2.26. The van der Waals surface area contributed by atoms with Gasteiger partial charge in [0, 0.05) is 35.7 Å². The van der Waals surface area contributed by atoms with Crippen molar-refractivity contribution in [3.63, 3.8) is 0 Å². The van der Waals surface area contributed by atoms with E-state index in [0.717, 1.165) is 30.0 Å². The second kappa shape index (κ2) is 9.17. The first-order chi connectivity index (χ1) is 14.4. The molecule has 0 radical (unpaired) electrons. The van der Waals surface area contributed by atoms with E-state index >= 15 is 0 Å². The maximum atomic E-state index is 12.9. The Morgan fingerprint density at radius 3 is 2.73 bits per heavy atom. The lowest BCUT2D eigenvalue weighted by molar-refractivity contribution is 0.346. The molecule has 7 nitrogen and oxygen atoms in total. The molecule has 1 aliphatic rings. The average molecular weight is 465 g/mol. The number of hydrogen-bond donors (Lipinski definition) is 0. The summed E-state index contributed by atoms with van der Waals surface area (Å²) >= 11 is 3.08. The van der Waals surface area contributed by atoms with Gasteiger partial charge in [-0.3, -0.25) is 0 Å². The number of benzene rings is 1. The van der Waals surface area contributed by atoms with Crippen molar-refractivity contribution >= 4 is 33.1 Å². The number of rotatable bonds is 7. The van der Waals surface area contributed by atoms with Crippen LogP contribution in [-0.4, -0.2) is 41.0 Å². The summed E-state index contributed by atoms with van der Waals surface area (Å²) < 4.78 is 33.2. The Labute approximate surface area is 185 Å². The summed E-state index contributed by atoms with van der Waals surface area (Å²) in [5, 5.41) is 11.8. The van der Waals surface area contributed by atoms with Crippen LogP contribution in [0.5, 0.6) is 0 Å². The van der Waals surface area contributed by atoms with E-state index in [9.17, 15) is 8.42 Å². The molecule has 0 bridgehead atoms. The Kier molecular flexibility index (Phi) is 6.57. The Bertz CT molecular complexity index is 1100. The SMILES string of the molecule is CC(C)c1nc(CSc2nnc(-c3cccc(S(=O)(=O)N4CCCCC4)c3)o2)cs1. The van der Waals surface area contributed by atoms with Gasteiger partial charge >= 0.3 is 0 Å². The molecule has 1 fully saturated rings. The number of piperidine rings is 1. The van der Waals surface area contributed by atoms with Gasteiger partial charge in [0.2, 0.25) is 15.9 Å². The first-order valence-corrected chi connectivity index (χ1v) is 13.3. The van der Waals surface area contributed by atoms with Crippen LogP contribution in [0.4, 0.5) is 0 Å². The van der Waals surface area contributed by atoms with E-state index in [2.05, 4.69) is 34.4 Å². The highest BCUT2D eigenvalue weighted by molar-refractivity contribution is 7.98. The summed E-state index contributed by atoms with van der Waals surface area (Å²) in [5.74, 6) is 1.38. The van der Waals surface area contributed by atoms with Crippen molar-refractivity contribution < 1.29 is 12.8 Å². The standard InChI is InChI=1S/C20H24N4O3S3/c1-14(2)19-21-16(12-28-19)13-29-20-23-22-18(27-20)15-7-6-8-17(11-15)30(25,26)24-9-4-3-5-10-24/h6-8,11-12,14H,3-5,9-10,13H2,1-2H3. The first-order valence-electron chi connectivity index (χ1n) is 9.94. The monoisotopic (exact) mass is 464 g/mol. The van der Waals surface area contributed by atoms with E-state index in [1.54, 1.807) is 39.9 Å². The number of aromatic nitrogens is 3. The third kappa shape index (κ3) is 4.77. The van der Waals surface area contributed by atoms with Gasteiger partial charge in [0.05, 0.1) is 15.6 Å². The summed E-state index contributed by atoms with van der Waals surface area (Å²) in [5.41, 5.74) is 1.59. The topological polar surface area (TPSA) is 89.2 Å². The molecule has 0 N–H and O–H groups in total. The van der Waals surface area contributed by atoms with Crippen molar-refractivity contribution in [3.8, 4) is 11.5 Å². The van der Waals surface area contributed by atoms with Crippen LogP contribution in [0.15, 0.2) is 44.2 Å². The van der Waals surface area contributed by atoms with E-state index in [1.807, 2.05) is 0 Å². The molecule has 1 aliphatic heterocycles. The maximum absolute atomic E-state index is 12.9. The molecule has 3 heterocycles. The zero-order chi connectivity index (χ0) is 21.1. The Hall–Kier alpha value is -1.75. The van der Waals surface area contributed by atoms with E-state index in [0.29, 0.717) is 41.4 Å². The van der Waals surface area contributed by atoms with Crippen LogP contribution in [0.3, 0.4) is 0 Å². The summed E-state index contributed by atoms with van der Waals surface area (Å²) in [4.78, 5) is 4.87. The molecule has 0 aliphatic carbocycles. The summed E-state index contributed by atoms with van der Waals surface area (Å²) in [6.45, 7) is 5.39. The smallest absolute Gasteiger partial charge is 0.277 e. The summed E-state index contributed by atoms with van der Waals surface area (Å²) in [6, 6.07) is 6.73. The molecule has 3 aromatic rings. The van der Waals surface area contributed by atoms with Gasteiger partial charge in [-0.25, -0.2) is 13.4 Å². The predicted octanol–water partition coefficient (Wildman–Crippen LogP) is 4.78. The lowest BCUT2D eigenvalue weighted by Crippen LogP contribution is -2.35. The van der Waals surface area contributed by atoms with Crippen molar-refractivity contribution in [2.24, 2.45) is 0 Å². The number of thioether (sulfide) groups is 1. The van der Waals surface area contributed by atoms with Crippen LogP contribution in [0, 0.1) is 0 Å². The van der Waals surface area contributed by atoms with Crippen LogP contribution in [0.25, 0.3) is 11.5 Å². The fraction of sp³-hybridized carbons (Fsp3) is 0.450. The van der Waals surface area contributed by atoms with Crippen molar-refractivity contribution in [2.75, 3.05) is 13.1 Å². The molecular weight excluding hydrogens is 440 g/mol. The largest absolute Gasteiger partial charge is 0.411 e. The van der Waals surface area contributed by atoms with E-state index in [1.165, 1.54) is 11.8 Å². The van der Waals surface area contributed by atoms with Gasteiger partial charge in [-0.1, -0.05) is 38.1 Å². The molecule has 10 heteroatoms. The van der Waals surface area contributed by atoms with Crippen LogP contribution >= 0.6 is 23.1 Å². The first kappa shape index (κ1) is 21.5. The number of thiazole rings is 1. The summed E-state index contributed by atoms with van der Waals surface area (Å²) in [6.07, 6.45) is 2.88. The Morgan fingerprint density at radius 2 is 2.00 bits per heavy atom. The normalized spacial score (nSPS) is 15.7. The fourth-order valence-electron chi connectivity index (χ4n) is 3.22. The van der Waals surface area contributed by atoms with Crippen molar-refractivity contribution in [2.45, 2.75) is 54.9 Å². The number of nitrogens with zero attached hydrogens (tertiary/aromatic N) is 4. The predicted molar refractivity (Wildman–Crippen MR) is 118 cm³/mol. The highest BCUT2D eigenvalue weighted by atomic mass is 32.2. The Morgan fingerprint density at radius 1 is 1.20 bits per heavy atom. The molecule has 0 amide bonds. The van der Waals surface area contributed by atoms with Crippen LogP contribution < -0.4 is 0 Å². The van der Waals surface area contributed by atoms with Crippen molar-refractivity contribution in [3.05, 3.63) is 40.3 Å². The molecule has 0 saturated carbocycles. The Balaban J connectivity index is 1.47. The minimum absolute atomic E-state index is 0.262. The van der Waals surface area contributed by atoms with Crippen molar-refractivity contribution in [1.82, 2.24) is 19.5 Å². The van der Waals surface area contributed by atoms with Gasteiger partial charge < -0.3 is 4.42 Å². The molecule has 160 valence electrons. The lowest BCUT2D eigenvalue weighted by Gasteiger charge is -2.25. The zero-order valence-corrected chi connectivity index (χ0v) is 19.4. The molecule has 0 unspecified atom stereocenters. The zero-order valence-electron chi connectivity index (χ0n) is 16.9. The molecule has 1 saturated heterocycles. The van der Waals surface area contributed by atoms with Crippen molar-refractivity contribution in [1.29, 1.82) is 0 Å². The van der Waals surface area contributed by atoms with Gasteiger partial charge in [0.25, 0.3) is 5.22 Å². The van der Waals surface area contributed by atoms with E-state index in [-0.39, 0.29) is 4.90 Å². The van der Waals surface area contributed by atoms with Gasteiger partial charge in [0.1, 0.15) is 0 Å². The second-order valence-corrected chi connectivity index (χ2v) is 11.2. The fourth-order valence-corrected chi connectivity index (χ4v) is 6.38. The number of sulfonamides is 1. The molecule has 2 aromatic heterocycles. The summed E-state index contributed by atoms with van der Waals surface area (Å²) in [7, 11) is -3.51. The minimum atomic E-state index is -3.51.